The second-order valence-corrected chi connectivity index (χ2v) is 3.09. The molecule has 1 amide bonds. The quantitative estimate of drug-likeness (QED) is 0.706. The molecule has 0 aromatic carbocycles. The molecule has 65 valence electrons. The van der Waals surface area contributed by atoms with Crippen LogP contribution in [0.2, 0.25) is 0 Å². The van der Waals surface area contributed by atoms with E-state index in [1.807, 2.05) is 0 Å². The van der Waals surface area contributed by atoms with E-state index in [4.69, 9.17) is 5.73 Å². The van der Waals surface area contributed by atoms with Crippen molar-refractivity contribution in [3.05, 3.63) is 18.0 Å². The summed E-state index contributed by atoms with van der Waals surface area (Å²) in [5.41, 5.74) is 6.10. The van der Waals surface area contributed by atoms with Gasteiger partial charge in [0, 0.05) is 11.9 Å². The number of nitrogens with two attached hydrogens (primary N) is 1. The Balaban J connectivity index is 2.46. The Bertz CT molecular complexity index is 271. The fourth-order valence-electron chi connectivity index (χ4n) is 0.770. The molecule has 5 heteroatoms. The maximum absolute atomic E-state index is 11.0. The Labute approximate surface area is 74.8 Å². The lowest BCUT2D eigenvalue weighted by Gasteiger charge is -1.97. The van der Waals surface area contributed by atoms with Gasteiger partial charge in [-0.1, -0.05) is 0 Å². The van der Waals surface area contributed by atoms with Crippen LogP contribution in [0.1, 0.15) is 5.69 Å². The first kappa shape index (κ1) is 8.99. The Morgan fingerprint density at radius 2 is 2.58 bits per heavy atom. The van der Waals surface area contributed by atoms with E-state index in [9.17, 15) is 4.79 Å². The number of hydrogen-bond acceptors (Lipinski definition) is 4. The molecular formula is C7H10N3OS. The summed E-state index contributed by atoms with van der Waals surface area (Å²) < 4.78 is 0. The molecular weight excluding hydrogens is 174 g/mol. The Morgan fingerprint density at radius 3 is 3.08 bits per heavy atom. The largest absolute Gasteiger partial charge is 0.375 e. The second-order valence-electron chi connectivity index (χ2n) is 2.20. The molecule has 1 rings (SSSR count). The van der Waals surface area contributed by atoms with Gasteiger partial charge in [-0.05, 0) is 6.92 Å². The maximum Gasteiger partial charge on any atom is 0.226 e. The molecule has 12 heavy (non-hydrogen) atoms. The van der Waals surface area contributed by atoms with Crippen LogP contribution in [-0.4, -0.2) is 17.4 Å². The van der Waals surface area contributed by atoms with Gasteiger partial charge in [-0.3, -0.25) is 4.79 Å². The number of anilines is 1. The van der Waals surface area contributed by atoms with Gasteiger partial charge >= 0.3 is 0 Å². The van der Waals surface area contributed by atoms with Crippen LogP contribution in [0.3, 0.4) is 0 Å². The van der Waals surface area contributed by atoms with Crippen molar-refractivity contribution in [2.45, 2.75) is 6.42 Å². The van der Waals surface area contributed by atoms with Crippen molar-refractivity contribution in [2.24, 2.45) is 0 Å². The zero-order valence-corrected chi connectivity index (χ0v) is 7.36. The monoisotopic (exact) mass is 184 g/mol. The zero-order chi connectivity index (χ0) is 8.97. The van der Waals surface area contributed by atoms with Gasteiger partial charge in [0.1, 0.15) is 0 Å². The van der Waals surface area contributed by atoms with E-state index in [-0.39, 0.29) is 12.3 Å². The summed E-state index contributed by atoms with van der Waals surface area (Å²) in [6.07, 6.45) is 0.281. The van der Waals surface area contributed by atoms with Crippen LogP contribution in [0.15, 0.2) is 5.38 Å². The topological polar surface area (TPSA) is 68.0 Å². The molecule has 0 aliphatic rings. The average Bonchev–Trinajstić information content (AvgIpc) is 2.36. The Kier molecular flexibility index (Phi) is 3.04. The molecule has 0 saturated carbocycles. The van der Waals surface area contributed by atoms with E-state index in [0.29, 0.717) is 17.4 Å². The first-order valence-electron chi connectivity index (χ1n) is 3.48. The second kappa shape index (κ2) is 4.06. The fraction of sp³-hybridized carbons (Fsp3) is 0.286. The van der Waals surface area contributed by atoms with Crippen molar-refractivity contribution in [1.82, 2.24) is 10.3 Å². The van der Waals surface area contributed by atoms with E-state index in [0.717, 1.165) is 0 Å². The lowest BCUT2D eigenvalue weighted by atomic mass is 10.3. The van der Waals surface area contributed by atoms with Crippen LogP contribution in [-0.2, 0) is 11.2 Å². The van der Waals surface area contributed by atoms with E-state index in [2.05, 4.69) is 17.2 Å². The Hall–Kier alpha value is -1.10. The van der Waals surface area contributed by atoms with E-state index < -0.39 is 0 Å². The van der Waals surface area contributed by atoms with Crippen molar-refractivity contribution in [2.75, 3.05) is 12.3 Å². The third-order valence-electron chi connectivity index (χ3n) is 1.23. The highest BCUT2D eigenvalue weighted by Crippen LogP contribution is 2.10. The SMILES string of the molecule is [CH2]CNC(=O)Cc1csc(N)n1. The van der Waals surface area contributed by atoms with Crippen molar-refractivity contribution in [1.29, 1.82) is 0 Å². The van der Waals surface area contributed by atoms with Gasteiger partial charge in [0.2, 0.25) is 5.91 Å². The van der Waals surface area contributed by atoms with Gasteiger partial charge in [-0.25, -0.2) is 4.98 Å². The van der Waals surface area contributed by atoms with Crippen LogP contribution in [0.4, 0.5) is 5.13 Å². The summed E-state index contributed by atoms with van der Waals surface area (Å²) in [5, 5.41) is 4.85. The molecule has 1 radical (unpaired) electrons. The van der Waals surface area contributed by atoms with Crippen LogP contribution < -0.4 is 11.1 Å². The fourth-order valence-corrected chi connectivity index (χ4v) is 1.33. The predicted molar refractivity (Wildman–Crippen MR) is 48.6 cm³/mol. The molecule has 1 heterocycles. The number of rotatable bonds is 3. The number of amides is 1. The summed E-state index contributed by atoms with van der Waals surface area (Å²) >= 11 is 1.34. The third-order valence-corrected chi connectivity index (χ3v) is 1.96. The number of aromatic nitrogens is 1. The van der Waals surface area contributed by atoms with Crippen LogP contribution in [0, 0.1) is 6.92 Å². The van der Waals surface area contributed by atoms with Crippen LogP contribution in [0.5, 0.6) is 0 Å². The number of nitrogen functional groups attached to an aromatic ring is 1. The van der Waals surface area contributed by atoms with Crippen molar-refractivity contribution in [3.63, 3.8) is 0 Å². The van der Waals surface area contributed by atoms with Gasteiger partial charge < -0.3 is 11.1 Å². The third kappa shape index (κ3) is 2.50. The maximum atomic E-state index is 11.0. The smallest absolute Gasteiger partial charge is 0.226 e. The minimum absolute atomic E-state index is 0.0738. The summed E-state index contributed by atoms with van der Waals surface area (Å²) in [6.45, 7) is 3.90. The van der Waals surface area contributed by atoms with Gasteiger partial charge in [0.15, 0.2) is 5.13 Å². The van der Waals surface area contributed by atoms with E-state index >= 15 is 0 Å². The summed E-state index contributed by atoms with van der Waals surface area (Å²) in [5.74, 6) is -0.0738. The minimum atomic E-state index is -0.0738. The highest BCUT2D eigenvalue weighted by molar-refractivity contribution is 7.13. The molecule has 0 atom stereocenters. The number of thiazole rings is 1. The van der Waals surface area contributed by atoms with Gasteiger partial charge in [0.05, 0.1) is 12.1 Å². The number of nitrogens with one attached hydrogen (secondary N) is 1. The van der Waals surface area contributed by atoms with Gasteiger partial charge in [-0.2, -0.15) is 0 Å². The molecule has 0 bridgehead atoms. The first-order valence-corrected chi connectivity index (χ1v) is 4.36. The molecule has 0 saturated heterocycles. The van der Waals surface area contributed by atoms with Crippen molar-refractivity contribution < 1.29 is 4.79 Å². The van der Waals surface area contributed by atoms with Crippen molar-refractivity contribution >= 4 is 22.4 Å². The minimum Gasteiger partial charge on any atom is -0.375 e. The van der Waals surface area contributed by atoms with Gasteiger partial charge in [-0.15, -0.1) is 11.3 Å². The highest BCUT2D eigenvalue weighted by Gasteiger charge is 2.04. The summed E-state index contributed by atoms with van der Waals surface area (Å²) in [6, 6.07) is 0. The molecule has 0 unspecified atom stereocenters. The molecule has 0 aliphatic carbocycles. The normalized spacial score (nSPS) is 9.75. The molecule has 0 aliphatic heterocycles. The van der Waals surface area contributed by atoms with Crippen molar-refractivity contribution in [3.8, 4) is 0 Å². The molecule has 3 N–H and O–H groups in total. The molecule has 1 aromatic heterocycles. The lowest BCUT2D eigenvalue weighted by molar-refractivity contribution is -0.120. The highest BCUT2D eigenvalue weighted by atomic mass is 32.1. The lowest BCUT2D eigenvalue weighted by Crippen LogP contribution is -2.24. The Morgan fingerprint density at radius 1 is 1.83 bits per heavy atom. The van der Waals surface area contributed by atoms with Crippen LogP contribution >= 0.6 is 11.3 Å². The standard InChI is InChI=1S/C7H10N3OS/c1-2-9-6(11)3-5-4-12-7(8)10-5/h4H,1-3H2,(H2,8,10)(H,9,11). The van der Waals surface area contributed by atoms with Gasteiger partial charge in [0.25, 0.3) is 0 Å². The molecule has 0 fully saturated rings. The number of hydrogen-bond donors (Lipinski definition) is 2. The average molecular weight is 184 g/mol. The summed E-state index contributed by atoms with van der Waals surface area (Å²) in [4.78, 5) is 14.9. The first-order chi connectivity index (χ1) is 5.72. The number of nitrogens with zero attached hydrogens (tertiary/aromatic N) is 1. The molecule has 4 nitrogen and oxygen atoms in total. The number of carbonyl (C=O) groups is 1. The molecule has 1 aromatic rings. The van der Waals surface area contributed by atoms with E-state index in [1.54, 1.807) is 5.38 Å². The predicted octanol–water partition coefficient (Wildman–Crippen LogP) is 0.218. The molecule has 0 spiro atoms. The van der Waals surface area contributed by atoms with Crippen LogP contribution in [0.25, 0.3) is 0 Å². The zero-order valence-electron chi connectivity index (χ0n) is 6.54. The van der Waals surface area contributed by atoms with E-state index in [1.165, 1.54) is 11.3 Å². The summed E-state index contributed by atoms with van der Waals surface area (Å²) in [7, 11) is 0. The number of carbonyl (C=O) groups excluding carboxylic acids is 1.